The molecule has 16 heavy (non-hydrogen) atoms. The van der Waals surface area contributed by atoms with Gasteiger partial charge < -0.3 is 15.0 Å². The summed E-state index contributed by atoms with van der Waals surface area (Å²) in [5.41, 5.74) is 0.0972. The van der Waals surface area contributed by atoms with Crippen LogP contribution in [0.15, 0.2) is 34.8 Å². The number of carboxylic acids is 1. The van der Waals surface area contributed by atoms with Crippen LogP contribution in [0.5, 0.6) is 5.75 Å². The first kappa shape index (κ1) is 13.5. The van der Waals surface area contributed by atoms with Gasteiger partial charge in [0.05, 0.1) is 5.97 Å². The molecular formula is C11H6BrNaO3. The van der Waals surface area contributed by atoms with Gasteiger partial charge in [-0.2, -0.15) is 0 Å². The molecule has 0 fully saturated rings. The van der Waals surface area contributed by atoms with E-state index >= 15 is 0 Å². The van der Waals surface area contributed by atoms with Crippen molar-refractivity contribution in [3.05, 3.63) is 40.4 Å². The molecule has 0 unspecified atom stereocenters. The van der Waals surface area contributed by atoms with Crippen LogP contribution in [0.2, 0.25) is 0 Å². The van der Waals surface area contributed by atoms with E-state index in [1.807, 2.05) is 0 Å². The minimum absolute atomic E-state index is 0. The number of aromatic hydroxyl groups is 1. The van der Waals surface area contributed by atoms with E-state index in [0.29, 0.717) is 5.39 Å². The monoisotopic (exact) mass is 288 g/mol. The number of fused-ring (bicyclic) bond motifs is 1. The second-order valence-corrected chi connectivity index (χ2v) is 4.01. The van der Waals surface area contributed by atoms with E-state index < -0.39 is 5.97 Å². The summed E-state index contributed by atoms with van der Waals surface area (Å²) in [5, 5.41) is 21.5. The zero-order valence-corrected chi connectivity index (χ0v) is 12.1. The molecule has 0 aliphatic carbocycles. The number of rotatable bonds is 1. The van der Waals surface area contributed by atoms with Crippen molar-refractivity contribution in [3.8, 4) is 5.75 Å². The number of benzene rings is 2. The smallest absolute Gasteiger partial charge is 0.545 e. The van der Waals surface area contributed by atoms with Gasteiger partial charge in [0.25, 0.3) is 0 Å². The molecule has 76 valence electrons. The predicted molar refractivity (Wildman–Crippen MR) is 57.6 cm³/mol. The van der Waals surface area contributed by atoms with Crippen LogP contribution in [0.1, 0.15) is 10.4 Å². The molecule has 0 bridgehead atoms. The quantitative estimate of drug-likeness (QED) is 0.662. The number of phenolic OH excluding ortho intramolecular Hbond substituents is 1. The summed E-state index contributed by atoms with van der Waals surface area (Å²) in [7, 11) is 0. The summed E-state index contributed by atoms with van der Waals surface area (Å²) in [6.45, 7) is 0. The normalized spacial score (nSPS) is 9.81. The van der Waals surface area contributed by atoms with Crippen LogP contribution in [0.4, 0.5) is 0 Å². The third kappa shape index (κ3) is 2.58. The fraction of sp³-hybridized carbons (Fsp3) is 0. The molecule has 2 aromatic carbocycles. The Bertz CT molecular complexity index is 554. The van der Waals surface area contributed by atoms with Crippen molar-refractivity contribution in [1.29, 1.82) is 0 Å². The van der Waals surface area contributed by atoms with Gasteiger partial charge in [0, 0.05) is 4.47 Å². The van der Waals surface area contributed by atoms with Crippen molar-refractivity contribution >= 4 is 32.7 Å². The Morgan fingerprint density at radius 3 is 2.56 bits per heavy atom. The van der Waals surface area contributed by atoms with Crippen LogP contribution in [-0.4, -0.2) is 11.1 Å². The maximum absolute atomic E-state index is 10.6. The van der Waals surface area contributed by atoms with Gasteiger partial charge in [0.15, 0.2) is 0 Å². The van der Waals surface area contributed by atoms with E-state index in [9.17, 15) is 15.0 Å². The van der Waals surface area contributed by atoms with E-state index in [0.717, 1.165) is 9.86 Å². The van der Waals surface area contributed by atoms with Gasteiger partial charge in [-0.3, -0.25) is 0 Å². The molecule has 2 aromatic rings. The zero-order chi connectivity index (χ0) is 11.0. The molecule has 0 aliphatic rings. The largest absolute Gasteiger partial charge is 1.00 e. The van der Waals surface area contributed by atoms with Crippen LogP contribution < -0.4 is 34.7 Å². The van der Waals surface area contributed by atoms with Crippen molar-refractivity contribution in [3.63, 3.8) is 0 Å². The summed E-state index contributed by atoms with van der Waals surface area (Å²) in [4.78, 5) is 10.6. The molecule has 2 rings (SSSR count). The Morgan fingerprint density at radius 1 is 1.25 bits per heavy atom. The van der Waals surface area contributed by atoms with Crippen LogP contribution in [-0.2, 0) is 0 Å². The number of aromatic carboxylic acids is 1. The third-order valence-electron chi connectivity index (χ3n) is 2.12. The Hall–Kier alpha value is -0.550. The Labute approximate surface area is 123 Å². The number of hydrogen-bond acceptors (Lipinski definition) is 3. The number of carbonyl (C=O) groups excluding carboxylic acids is 1. The molecule has 0 spiro atoms. The first-order chi connectivity index (χ1) is 7.08. The van der Waals surface area contributed by atoms with Crippen molar-refractivity contribution in [1.82, 2.24) is 0 Å². The van der Waals surface area contributed by atoms with E-state index in [-0.39, 0.29) is 40.9 Å². The van der Waals surface area contributed by atoms with Crippen LogP contribution in [0, 0.1) is 0 Å². The topological polar surface area (TPSA) is 60.4 Å². The van der Waals surface area contributed by atoms with Gasteiger partial charge in [0.1, 0.15) is 5.75 Å². The van der Waals surface area contributed by atoms with Gasteiger partial charge in [0.2, 0.25) is 0 Å². The maximum Gasteiger partial charge on any atom is 1.00 e. The Balaban J connectivity index is 0.00000128. The third-order valence-corrected chi connectivity index (χ3v) is 2.78. The van der Waals surface area contributed by atoms with E-state index in [1.165, 1.54) is 18.2 Å². The minimum Gasteiger partial charge on any atom is -0.545 e. The molecular weight excluding hydrogens is 283 g/mol. The molecule has 3 nitrogen and oxygen atoms in total. The number of hydrogen-bond donors (Lipinski definition) is 1. The summed E-state index contributed by atoms with van der Waals surface area (Å²) in [5.74, 6) is -1.14. The van der Waals surface area contributed by atoms with Gasteiger partial charge >= 0.3 is 29.6 Å². The molecule has 0 saturated carbocycles. The molecule has 5 heteroatoms. The minimum atomic E-state index is -1.23. The second-order valence-electron chi connectivity index (χ2n) is 3.15. The van der Waals surface area contributed by atoms with Crippen molar-refractivity contribution < 1.29 is 44.6 Å². The standard InChI is InChI=1S/C11H7BrO3.Na/c12-10-5-8(13)4-7-3-6(11(14)15)1-2-9(7)10;/h1-5,13H,(H,14,15);/q;+1/p-1. The predicted octanol–water partition coefficient (Wildman–Crippen LogP) is -1.32. The first-order valence-corrected chi connectivity index (χ1v) is 5.01. The Morgan fingerprint density at radius 2 is 1.94 bits per heavy atom. The SMILES string of the molecule is O=C([O-])c1ccc2c(Br)cc(O)cc2c1.[Na+]. The first-order valence-electron chi connectivity index (χ1n) is 4.21. The van der Waals surface area contributed by atoms with E-state index in [4.69, 9.17) is 0 Å². The fourth-order valence-electron chi connectivity index (χ4n) is 1.44. The molecule has 0 radical (unpaired) electrons. The van der Waals surface area contributed by atoms with E-state index in [2.05, 4.69) is 15.9 Å². The van der Waals surface area contributed by atoms with Crippen molar-refractivity contribution in [2.24, 2.45) is 0 Å². The number of phenols is 1. The van der Waals surface area contributed by atoms with Crippen LogP contribution in [0.3, 0.4) is 0 Å². The molecule has 0 atom stereocenters. The fourth-order valence-corrected chi connectivity index (χ4v) is 2.03. The van der Waals surface area contributed by atoms with Crippen LogP contribution >= 0.6 is 15.9 Å². The summed E-state index contributed by atoms with van der Waals surface area (Å²) < 4.78 is 0.724. The summed E-state index contributed by atoms with van der Waals surface area (Å²) in [6, 6.07) is 7.67. The van der Waals surface area contributed by atoms with Gasteiger partial charge in [-0.15, -0.1) is 0 Å². The van der Waals surface area contributed by atoms with E-state index in [1.54, 1.807) is 12.1 Å². The Kier molecular flexibility index (Phi) is 4.38. The van der Waals surface area contributed by atoms with Gasteiger partial charge in [-0.25, -0.2) is 0 Å². The summed E-state index contributed by atoms with van der Waals surface area (Å²) >= 11 is 3.29. The second kappa shape index (κ2) is 5.19. The molecule has 0 aliphatic heterocycles. The number of halogens is 1. The molecule has 0 heterocycles. The number of carboxylic acid groups (broad SMARTS) is 1. The zero-order valence-electron chi connectivity index (χ0n) is 8.53. The number of carbonyl (C=O) groups is 1. The van der Waals surface area contributed by atoms with Crippen LogP contribution in [0.25, 0.3) is 10.8 Å². The van der Waals surface area contributed by atoms with Gasteiger partial charge in [-0.1, -0.05) is 28.1 Å². The van der Waals surface area contributed by atoms with Gasteiger partial charge in [-0.05, 0) is 34.5 Å². The molecule has 0 saturated heterocycles. The molecule has 1 N–H and O–H groups in total. The van der Waals surface area contributed by atoms with Crippen molar-refractivity contribution in [2.45, 2.75) is 0 Å². The average molecular weight is 289 g/mol. The summed E-state index contributed by atoms with van der Waals surface area (Å²) in [6.07, 6.45) is 0. The maximum atomic E-state index is 10.6. The molecule has 0 amide bonds. The molecule has 0 aromatic heterocycles. The van der Waals surface area contributed by atoms with Crippen molar-refractivity contribution in [2.75, 3.05) is 0 Å². The average Bonchev–Trinajstić information content (AvgIpc) is 2.16.